The van der Waals surface area contributed by atoms with Crippen LogP contribution in [0.1, 0.15) is 22.3 Å². The molecule has 156 valence electrons. The molecule has 1 aromatic heterocycles. The molecule has 1 heterocycles. The maximum absolute atomic E-state index is 12.6. The molecule has 0 bridgehead atoms. The highest BCUT2D eigenvalue weighted by Crippen LogP contribution is 2.22. The fourth-order valence-electron chi connectivity index (χ4n) is 3.08. The van der Waals surface area contributed by atoms with Crippen molar-refractivity contribution in [1.82, 2.24) is 4.57 Å². The Bertz CT molecular complexity index is 1150. The van der Waals surface area contributed by atoms with E-state index in [2.05, 4.69) is 12.6 Å². The quantitative estimate of drug-likeness (QED) is 0.210. The Labute approximate surface area is 180 Å². The first-order valence-electron chi connectivity index (χ1n) is 9.79. The van der Waals surface area contributed by atoms with E-state index in [0.717, 1.165) is 16.5 Å². The highest BCUT2D eigenvalue weighted by Gasteiger charge is 2.16. The van der Waals surface area contributed by atoms with Crippen molar-refractivity contribution in [2.75, 3.05) is 13.2 Å². The van der Waals surface area contributed by atoms with Crippen molar-refractivity contribution in [3.63, 3.8) is 0 Å². The van der Waals surface area contributed by atoms with Gasteiger partial charge in [-0.2, -0.15) is 5.26 Å². The number of carbonyl (C=O) groups excluding carboxylic acids is 2. The summed E-state index contributed by atoms with van der Waals surface area (Å²) >= 11 is 0. The van der Waals surface area contributed by atoms with Crippen molar-refractivity contribution < 1.29 is 19.1 Å². The minimum atomic E-state index is -0.603. The number of aryl methyl sites for hydroxylation is 1. The first kappa shape index (κ1) is 21.6. The van der Waals surface area contributed by atoms with Crippen molar-refractivity contribution in [2.45, 2.75) is 13.0 Å². The van der Waals surface area contributed by atoms with Gasteiger partial charge in [-0.25, -0.2) is 4.79 Å². The zero-order chi connectivity index (χ0) is 22.1. The topological polar surface area (TPSA) is 81.3 Å². The van der Waals surface area contributed by atoms with E-state index in [4.69, 9.17) is 14.7 Å². The predicted molar refractivity (Wildman–Crippen MR) is 119 cm³/mol. The van der Waals surface area contributed by atoms with Crippen LogP contribution < -0.4 is 4.74 Å². The second-order valence-electron chi connectivity index (χ2n) is 6.69. The van der Waals surface area contributed by atoms with Crippen LogP contribution in [0, 0.1) is 11.3 Å². The van der Waals surface area contributed by atoms with Gasteiger partial charge >= 0.3 is 5.97 Å². The molecule has 0 aliphatic heterocycles. The van der Waals surface area contributed by atoms with Gasteiger partial charge in [-0.15, -0.1) is 0 Å². The van der Waals surface area contributed by atoms with Crippen molar-refractivity contribution in [2.24, 2.45) is 0 Å². The van der Waals surface area contributed by atoms with Crippen LogP contribution in [0.25, 0.3) is 17.0 Å². The molecule has 6 nitrogen and oxygen atoms in total. The minimum Gasteiger partial charge on any atom is -0.490 e. The molecule has 3 rings (SSSR count). The molecular weight excluding hydrogens is 392 g/mol. The molecule has 0 saturated carbocycles. The van der Waals surface area contributed by atoms with E-state index >= 15 is 0 Å². The van der Waals surface area contributed by atoms with Crippen LogP contribution in [-0.4, -0.2) is 29.5 Å². The normalized spacial score (nSPS) is 10.7. The van der Waals surface area contributed by atoms with E-state index in [9.17, 15) is 9.59 Å². The smallest absolute Gasteiger partial charge is 0.331 e. The van der Waals surface area contributed by atoms with Gasteiger partial charge in [0.1, 0.15) is 12.4 Å². The molecule has 3 aromatic rings. The molecule has 6 heteroatoms. The highest BCUT2D eigenvalue weighted by atomic mass is 16.5. The van der Waals surface area contributed by atoms with E-state index in [1.807, 2.05) is 41.0 Å². The molecule has 0 aliphatic carbocycles. The largest absolute Gasteiger partial charge is 0.490 e. The molecule has 0 atom stereocenters. The second kappa shape index (κ2) is 10.6. The standard InChI is InChI=1S/C25H22N2O4/c1-2-16-30-20-11-8-19(9-12-20)10-13-25(29)31-18-24(28)22-17-27(15-5-14-26)23-7-4-3-6-21(22)23/h2-4,6-13,17H,1,5,15-16,18H2/b13-10+. The summed E-state index contributed by atoms with van der Waals surface area (Å²) < 4.78 is 12.4. The van der Waals surface area contributed by atoms with Gasteiger partial charge < -0.3 is 14.0 Å². The molecular formula is C25H22N2O4. The summed E-state index contributed by atoms with van der Waals surface area (Å²) in [5, 5.41) is 9.61. The van der Waals surface area contributed by atoms with Gasteiger partial charge in [-0.05, 0) is 29.8 Å². The van der Waals surface area contributed by atoms with E-state index in [1.54, 1.807) is 30.5 Å². The van der Waals surface area contributed by atoms with Gasteiger partial charge in [0.05, 0.1) is 12.5 Å². The number of para-hydroxylation sites is 1. The SMILES string of the molecule is C=CCOc1ccc(/C=C/C(=O)OCC(=O)c2cn(CCC#N)c3ccccc23)cc1. The number of nitrogens with zero attached hydrogens (tertiary/aromatic N) is 2. The molecule has 2 aromatic carbocycles. The Morgan fingerprint density at radius 2 is 1.90 bits per heavy atom. The lowest BCUT2D eigenvalue weighted by Gasteiger charge is -2.03. The Morgan fingerprint density at radius 3 is 2.65 bits per heavy atom. The number of carbonyl (C=O) groups is 2. The highest BCUT2D eigenvalue weighted by molar-refractivity contribution is 6.09. The van der Waals surface area contributed by atoms with E-state index in [-0.39, 0.29) is 12.4 Å². The van der Waals surface area contributed by atoms with Crippen LogP contribution in [0.5, 0.6) is 5.75 Å². The third-order valence-electron chi connectivity index (χ3n) is 4.56. The monoisotopic (exact) mass is 414 g/mol. The number of esters is 1. The van der Waals surface area contributed by atoms with Crippen molar-refractivity contribution in [3.8, 4) is 11.8 Å². The fourth-order valence-corrected chi connectivity index (χ4v) is 3.08. The summed E-state index contributed by atoms with van der Waals surface area (Å²) in [7, 11) is 0. The summed E-state index contributed by atoms with van der Waals surface area (Å²) in [6.45, 7) is 4.15. The molecule has 0 spiro atoms. The van der Waals surface area contributed by atoms with E-state index in [1.165, 1.54) is 6.08 Å². The van der Waals surface area contributed by atoms with Gasteiger partial charge in [0.25, 0.3) is 0 Å². The number of hydrogen-bond acceptors (Lipinski definition) is 5. The van der Waals surface area contributed by atoms with Crippen LogP contribution in [0.15, 0.2) is 73.5 Å². The first-order valence-corrected chi connectivity index (χ1v) is 9.79. The van der Waals surface area contributed by atoms with Gasteiger partial charge in [-0.1, -0.05) is 43.0 Å². The van der Waals surface area contributed by atoms with Gasteiger partial charge in [0, 0.05) is 35.3 Å². The van der Waals surface area contributed by atoms with Crippen molar-refractivity contribution >= 4 is 28.7 Å². The summed E-state index contributed by atoms with van der Waals surface area (Å²) in [5.41, 5.74) is 2.14. The van der Waals surface area contributed by atoms with Crippen LogP contribution in [0.4, 0.5) is 0 Å². The number of fused-ring (bicyclic) bond motifs is 1. The summed E-state index contributed by atoms with van der Waals surface area (Å²) in [6, 6.07) is 16.8. The fraction of sp³-hybridized carbons (Fsp3) is 0.160. The lowest BCUT2D eigenvalue weighted by Crippen LogP contribution is -2.12. The number of nitriles is 1. The predicted octanol–water partition coefficient (Wildman–Crippen LogP) is 4.56. The Hall–Kier alpha value is -4.11. The van der Waals surface area contributed by atoms with Crippen LogP contribution >= 0.6 is 0 Å². The molecule has 0 radical (unpaired) electrons. The van der Waals surface area contributed by atoms with Crippen molar-refractivity contribution in [1.29, 1.82) is 5.26 Å². The van der Waals surface area contributed by atoms with Crippen LogP contribution in [-0.2, 0) is 16.1 Å². The second-order valence-corrected chi connectivity index (χ2v) is 6.69. The number of ether oxygens (including phenoxy) is 2. The van der Waals surface area contributed by atoms with Gasteiger partial charge in [0.2, 0.25) is 5.78 Å². The summed E-state index contributed by atoms with van der Waals surface area (Å²) in [4.78, 5) is 24.7. The average molecular weight is 414 g/mol. The zero-order valence-corrected chi connectivity index (χ0v) is 17.0. The number of rotatable bonds is 10. The zero-order valence-electron chi connectivity index (χ0n) is 17.0. The Balaban J connectivity index is 1.60. The van der Waals surface area contributed by atoms with Crippen molar-refractivity contribution in [3.05, 3.63) is 84.6 Å². The Morgan fingerprint density at radius 1 is 1.13 bits per heavy atom. The molecule has 31 heavy (non-hydrogen) atoms. The minimum absolute atomic E-state index is 0.294. The lowest BCUT2D eigenvalue weighted by molar-refractivity contribution is -0.136. The van der Waals surface area contributed by atoms with E-state index in [0.29, 0.717) is 30.9 Å². The molecule has 0 aliphatic rings. The number of hydrogen-bond donors (Lipinski definition) is 0. The molecule has 0 unspecified atom stereocenters. The van der Waals surface area contributed by atoms with Crippen LogP contribution in [0.2, 0.25) is 0 Å². The lowest BCUT2D eigenvalue weighted by atomic mass is 10.1. The third-order valence-corrected chi connectivity index (χ3v) is 4.56. The third kappa shape index (κ3) is 5.71. The number of ketones is 1. The molecule has 0 saturated heterocycles. The Kier molecular flexibility index (Phi) is 7.39. The molecule has 0 fully saturated rings. The molecule has 0 N–H and O–H groups in total. The average Bonchev–Trinajstić information content (AvgIpc) is 3.18. The van der Waals surface area contributed by atoms with Crippen LogP contribution in [0.3, 0.4) is 0 Å². The summed E-state index contributed by atoms with van der Waals surface area (Å²) in [6.07, 6.45) is 6.60. The number of Topliss-reactive ketones (excluding diaryl/α,β-unsaturated/α-hetero) is 1. The maximum Gasteiger partial charge on any atom is 0.331 e. The molecule has 0 amide bonds. The first-order chi connectivity index (χ1) is 15.1. The van der Waals surface area contributed by atoms with Gasteiger partial charge in [0.15, 0.2) is 6.61 Å². The number of benzene rings is 2. The van der Waals surface area contributed by atoms with E-state index < -0.39 is 5.97 Å². The maximum atomic E-state index is 12.6. The van der Waals surface area contributed by atoms with Gasteiger partial charge in [-0.3, -0.25) is 4.79 Å². The summed E-state index contributed by atoms with van der Waals surface area (Å²) in [5.74, 6) is -0.190. The number of aromatic nitrogens is 1.